The number of aromatic nitrogens is 3. The summed E-state index contributed by atoms with van der Waals surface area (Å²) in [6.07, 6.45) is 7.67. The van der Waals surface area contributed by atoms with Crippen molar-refractivity contribution in [2.24, 2.45) is 0 Å². The van der Waals surface area contributed by atoms with Gasteiger partial charge in [-0.15, -0.1) is 0 Å². The number of rotatable bonds is 5. The van der Waals surface area contributed by atoms with Gasteiger partial charge in [0, 0.05) is 43.1 Å². The van der Waals surface area contributed by atoms with E-state index in [4.69, 9.17) is 12.2 Å². The van der Waals surface area contributed by atoms with Gasteiger partial charge in [0.2, 0.25) is 0 Å². The first kappa shape index (κ1) is 17.7. The molecule has 0 radical (unpaired) electrons. The Morgan fingerprint density at radius 2 is 2.00 bits per heavy atom. The number of hydrogen-bond donors (Lipinski definition) is 1. The summed E-state index contributed by atoms with van der Waals surface area (Å²) in [5.41, 5.74) is 3.36. The summed E-state index contributed by atoms with van der Waals surface area (Å²) in [5, 5.41) is 4.25. The van der Waals surface area contributed by atoms with Crippen LogP contribution in [0.5, 0.6) is 0 Å². The largest absolute Gasteiger partial charge is 0.352 e. The van der Waals surface area contributed by atoms with Crippen LogP contribution in [0.15, 0.2) is 67.3 Å². The van der Waals surface area contributed by atoms with Crippen molar-refractivity contribution < 1.29 is 0 Å². The average Bonchev–Trinajstić information content (AvgIpc) is 3.28. The fourth-order valence-electron chi connectivity index (χ4n) is 3.71. The van der Waals surface area contributed by atoms with Crippen LogP contribution in [0.4, 0.5) is 0 Å². The number of nitrogens with zero attached hydrogens (tertiary/aromatic N) is 4. The molecule has 2 atom stereocenters. The van der Waals surface area contributed by atoms with E-state index in [-0.39, 0.29) is 12.1 Å². The molecule has 27 heavy (non-hydrogen) atoms. The summed E-state index contributed by atoms with van der Waals surface area (Å²) in [5.74, 6) is 0. The van der Waals surface area contributed by atoms with Gasteiger partial charge in [0.05, 0.1) is 17.8 Å². The van der Waals surface area contributed by atoms with Crippen molar-refractivity contribution in [3.05, 3.63) is 84.2 Å². The van der Waals surface area contributed by atoms with Crippen LogP contribution < -0.4 is 5.32 Å². The third kappa shape index (κ3) is 3.45. The Kier molecular flexibility index (Phi) is 4.90. The molecule has 3 aromatic rings. The van der Waals surface area contributed by atoms with Crippen molar-refractivity contribution in [2.75, 3.05) is 0 Å². The Balaban J connectivity index is 1.77. The predicted octanol–water partition coefficient (Wildman–Crippen LogP) is 4.03. The van der Waals surface area contributed by atoms with E-state index in [0.29, 0.717) is 12.6 Å². The molecule has 2 unspecified atom stereocenters. The van der Waals surface area contributed by atoms with Gasteiger partial charge in [-0.05, 0) is 62.0 Å². The predicted molar refractivity (Wildman–Crippen MR) is 110 cm³/mol. The lowest BCUT2D eigenvalue weighted by Crippen LogP contribution is -2.30. The first-order valence-electron chi connectivity index (χ1n) is 9.19. The molecule has 1 N–H and O–H groups in total. The summed E-state index contributed by atoms with van der Waals surface area (Å²) in [4.78, 5) is 11.1. The minimum atomic E-state index is 0.00257. The maximum absolute atomic E-state index is 5.73. The second kappa shape index (κ2) is 7.48. The van der Waals surface area contributed by atoms with Crippen LogP contribution in [0.3, 0.4) is 0 Å². The van der Waals surface area contributed by atoms with Crippen LogP contribution in [-0.4, -0.2) is 24.5 Å². The first-order valence-corrected chi connectivity index (χ1v) is 9.59. The molecule has 0 bridgehead atoms. The van der Waals surface area contributed by atoms with Gasteiger partial charge in [0.1, 0.15) is 0 Å². The maximum atomic E-state index is 5.73. The minimum Gasteiger partial charge on any atom is -0.352 e. The topological polar surface area (TPSA) is 46.0 Å². The van der Waals surface area contributed by atoms with Crippen LogP contribution in [0.25, 0.3) is 0 Å². The van der Waals surface area contributed by atoms with Crippen molar-refractivity contribution in [3.8, 4) is 0 Å². The number of hydrogen-bond acceptors (Lipinski definition) is 3. The van der Waals surface area contributed by atoms with E-state index in [1.807, 2.05) is 30.6 Å². The summed E-state index contributed by atoms with van der Waals surface area (Å²) >= 11 is 5.73. The van der Waals surface area contributed by atoms with Gasteiger partial charge in [0.15, 0.2) is 5.11 Å². The molecule has 0 aliphatic carbocycles. The second-order valence-corrected chi connectivity index (χ2v) is 7.44. The molecule has 3 aromatic heterocycles. The molecule has 1 saturated heterocycles. The first-order chi connectivity index (χ1) is 13.1. The molecule has 4 rings (SSSR count). The highest BCUT2D eigenvalue weighted by atomic mass is 32.1. The van der Waals surface area contributed by atoms with Crippen molar-refractivity contribution in [3.63, 3.8) is 0 Å². The van der Waals surface area contributed by atoms with E-state index >= 15 is 0 Å². The standard InChI is InChI=1S/C21H23N5S/c1-15(2)25-12-6-9-18(25)20-19(17-8-3-4-11-23-17)24-21(27)26(20)14-16-7-5-10-22-13-16/h3-13,15,19-20H,14H2,1-2H3,(H,24,27). The SMILES string of the molecule is CC(C)n1cccc1C1C(c2ccccn2)NC(=S)N1Cc1cccnc1. The van der Waals surface area contributed by atoms with Gasteiger partial charge in [-0.25, -0.2) is 0 Å². The lowest BCUT2D eigenvalue weighted by Gasteiger charge is -2.29. The van der Waals surface area contributed by atoms with Crippen LogP contribution >= 0.6 is 12.2 Å². The zero-order valence-electron chi connectivity index (χ0n) is 15.5. The number of nitrogens with one attached hydrogen (secondary N) is 1. The Hall–Kier alpha value is -2.73. The molecular formula is C21H23N5S. The Morgan fingerprint density at radius 3 is 2.70 bits per heavy atom. The molecule has 138 valence electrons. The van der Waals surface area contributed by atoms with Gasteiger partial charge in [-0.2, -0.15) is 0 Å². The highest BCUT2D eigenvalue weighted by molar-refractivity contribution is 7.80. The highest BCUT2D eigenvalue weighted by Gasteiger charge is 2.41. The zero-order valence-corrected chi connectivity index (χ0v) is 16.3. The lowest BCUT2D eigenvalue weighted by molar-refractivity contribution is 0.293. The van der Waals surface area contributed by atoms with E-state index in [0.717, 1.165) is 16.4 Å². The molecule has 5 nitrogen and oxygen atoms in total. The van der Waals surface area contributed by atoms with Crippen LogP contribution in [0.1, 0.15) is 48.9 Å². The Bertz CT molecular complexity index is 907. The van der Waals surface area contributed by atoms with E-state index in [2.05, 4.69) is 69.1 Å². The van der Waals surface area contributed by atoms with E-state index in [1.165, 1.54) is 5.69 Å². The fraction of sp³-hybridized carbons (Fsp3) is 0.286. The maximum Gasteiger partial charge on any atom is 0.170 e. The molecule has 6 heteroatoms. The van der Waals surface area contributed by atoms with Crippen molar-refractivity contribution in [1.29, 1.82) is 0 Å². The highest BCUT2D eigenvalue weighted by Crippen LogP contribution is 2.40. The zero-order chi connectivity index (χ0) is 18.8. The van der Waals surface area contributed by atoms with Gasteiger partial charge in [0.25, 0.3) is 0 Å². The molecule has 0 amide bonds. The Labute approximate surface area is 165 Å². The monoisotopic (exact) mass is 377 g/mol. The second-order valence-electron chi connectivity index (χ2n) is 7.05. The van der Waals surface area contributed by atoms with Crippen LogP contribution in [0.2, 0.25) is 0 Å². The smallest absolute Gasteiger partial charge is 0.170 e. The van der Waals surface area contributed by atoms with E-state index in [1.54, 1.807) is 6.20 Å². The third-order valence-corrected chi connectivity index (χ3v) is 5.30. The molecule has 4 heterocycles. The molecule has 1 aliphatic rings. The van der Waals surface area contributed by atoms with Crippen molar-refractivity contribution in [1.82, 2.24) is 24.8 Å². The van der Waals surface area contributed by atoms with Crippen molar-refractivity contribution in [2.45, 2.75) is 38.5 Å². The summed E-state index contributed by atoms with van der Waals surface area (Å²) in [6.45, 7) is 5.10. The fourth-order valence-corrected chi connectivity index (χ4v) is 4.02. The third-order valence-electron chi connectivity index (χ3n) is 4.94. The number of pyridine rings is 2. The van der Waals surface area contributed by atoms with Crippen LogP contribution in [-0.2, 0) is 6.54 Å². The van der Waals surface area contributed by atoms with Crippen LogP contribution in [0, 0.1) is 0 Å². The summed E-state index contributed by atoms with van der Waals surface area (Å²) in [6, 6.07) is 14.8. The van der Waals surface area contributed by atoms with E-state index < -0.39 is 0 Å². The summed E-state index contributed by atoms with van der Waals surface area (Å²) < 4.78 is 2.31. The van der Waals surface area contributed by atoms with Gasteiger partial charge in [-0.3, -0.25) is 9.97 Å². The normalized spacial score (nSPS) is 19.5. The average molecular weight is 378 g/mol. The molecule has 1 aliphatic heterocycles. The molecule has 0 saturated carbocycles. The quantitative estimate of drug-likeness (QED) is 0.680. The Morgan fingerprint density at radius 1 is 1.11 bits per heavy atom. The molecule has 1 fully saturated rings. The van der Waals surface area contributed by atoms with Crippen molar-refractivity contribution >= 4 is 17.3 Å². The molecule has 0 aromatic carbocycles. The van der Waals surface area contributed by atoms with E-state index in [9.17, 15) is 0 Å². The molecule has 0 spiro atoms. The molecular weight excluding hydrogens is 354 g/mol. The van der Waals surface area contributed by atoms with Gasteiger partial charge in [-0.1, -0.05) is 12.1 Å². The lowest BCUT2D eigenvalue weighted by atomic mass is 10.0. The summed E-state index contributed by atoms with van der Waals surface area (Å²) in [7, 11) is 0. The van der Waals surface area contributed by atoms with Gasteiger partial charge < -0.3 is 14.8 Å². The minimum absolute atomic E-state index is 0.00257. The number of thiocarbonyl (C=S) groups is 1. The van der Waals surface area contributed by atoms with Gasteiger partial charge >= 0.3 is 0 Å².